The number of hydrogen-bond donors (Lipinski definition) is 2. The van der Waals surface area contributed by atoms with Gasteiger partial charge in [-0.05, 0) is 29.8 Å². The van der Waals surface area contributed by atoms with Crippen molar-refractivity contribution in [2.24, 2.45) is 5.73 Å². The lowest BCUT2D eigenvalue weighted by atomic mass is 10.2. The molecule has 0 saturated carbocycles. The lowest BCUT2D eigenvalue weighted by Crippen LogP contribution is -2.21. The van der Waals surface area contributed by atoms with Crippen LogP contribution in [0.4, 0.5) is 0 Å². The van der Waals surface area contributed by atoms with Crippen molar-refractivity contribution in [2.45, 2.75) is 6.54 Å². The zero-order chi connectivity index (χ0) is 12.6. The molecule has 0 heterocycles. The van der Waals surface area contributed by atoms with Gasteiger partial charge in [0, 0.05) is 19.6 Å². The monoisotopic (exact) mass is 242 g/mol. The van der Waals surface area contributed by atoms with Crippen LogP contribution in [0, 0.1) is 0 Å². The van der Waals surface area contributed by atoms with E-state index in [0.717, 1.165) is 24.6 Å². The highest BCUT2D eigenvalue weighted by Gasteiger charge is 1.98. The second-order valence-corrected chi connectivity index (χ2v) is 4.03. The summed E-state index contributed by atoms with van der Waals surface area (Å²) < 4.78 is 5.77. The maximum absolute atomic E-state index is 5.77. The molecule has 2 rings (SSSR count). The first-order valence-electron chi connectivity index (χ1n) is 6.11. The number of nitrogens with two attached hydrogens (primary N) is 1. The van der Waals surface area contributed by atoms with Crippen LogP contribution in [0.1, 0.15) is 5.56 Å². The minimum Gasteiger partial charge on any atom is -0.457 e. The van der Waals surface area contributed by atoms with Crippen molar-refractivity contribution >= 4 is 0 Å². The van der Waals surface area contributed by atoms with Gasteiger partial charge in [0.2, 0.25) is 0 Å². The Kier molecular flexibility index (Phi) is 4.76. The van der Waals surface area contributed by atoms with Gasteiger partial charge < -0.3 is 15.8 Å². The average Bonchev–Trinajstić information content (AvgIpc) is 2.41. The smallest absolute Gasteiger partial charge is 0.127 e. The summed E-state index contributed by atoms with van der Waals surface area (Å²) in [7, 11) is 0. The van der Waals surface area contributed by atoms with E-state index >= 15 is 0 Å². The van der Waals surface area contributed by atoms with E-state index in [1.165, 1.54) is 5.56 Å². The van der Waals surface area contributed by atoms with E-state index in [0.29, 0.717) is 6.54 Å². The molecular formula is C15H18N2O. The van der Waals surface area contributed by atoms with Crippen LogP contribution in [0.15, 0.2) is 54.6 Å². The van der Waals surface area contributed by atoms with Crippen LogP contribution in [0.25, 0.3) is 0 Å². The number of rotatable bonds is 6. The van der Waals surface area contributed by atoms with Crippen molar-refractivity contribution in [3.8, 4) is 11.5 Å². The minimum atomic E-state index is 0.653. The van der Waals surface area contributed by atoms with Crippen molar-refractivity contribution in [1.82, 2.24) is 5.32 Å². The van der Waals surface area contributed by atoms with Crippen LogP contribution in [-0.4, -0.2) is 13.1 Å². The lowest BCUT2D eigenvalue weighted by molar-refractivity contribution is 0.481. The fourth-order valence-electron chi connectivity index (χ4n) is 1.68. The standard InChI is InChI=1S/C15H18N2O/c16-9-10-17-12-13-5-4-8-15(11-13)18-14-6-2-1-3-7-14/h1-8,11,17H,9-10,12,16H2. The third kappa shape index (κ3) is 3.87. The molecule has 0 spiro atoms. The van der Waals surface area contributed by atoms with Gasteiger partial charge in [0.15, 0.2) is 0 Å². The molecule has 0 aliphatic carbocycles. The number of ether oxygens (including phenoxy) is 1. The Balaban J connectivity index is 1.99. The minimum absolute atomic E-state index is 0.653. The molecule has 2 aromatic carbocycles. The quantitative estimate of drug-likeness (QED) is 0.765. The van der Waals surface area contributed by atoms with Gasteiger partial charge in [-0.25, -0.2) is 0 Å². The summed E-state index contributed by atoms with van der Waals surface area (Å²) in [6, 6.07) is 17.8. The van der Waals surface area contributed by atoms with Crippen LogP contribution in [0.2, 0.25) is 0 Å². The van der Waals surface area contributed by atoms with Crippen molar-refractivity contribution < 1.29 is 4.74 Å². The van der Waals surface area contributed by atoms with Gasteiger partial charge >= 0.3 is 0 Å². The Morgan fingerprint density at radius 3 is 2.50 bits per heavy atom. The number of para-hydroxylation sites is 1. The normalized spacial score (nSPS) is 10.3. The van der Waals surface area contributed by atoms with Gasteiger partial charge in [-0.1, -0.05) is 30.3 Å². The highest BCUT2D eigenvalue weighted by molar-refractivity contribution is 5.33. The van der Waals surface area contributed by atoms with Gasteiger partial charge in [0.05, 0.1) is 0 Å². The van der Waals surface area contributed by atoms with E-state index in [-0.39, 0.29) is 0 Å². The van der Waals surface area contributed by atoms with E-state index in [2.05, 4.69) is 11.4 Å². The zero-order valence-corrected chi connectivity index (χ0v) is 10.3. The van der Waals surface area contributed by atoms with Crippen molar-refractivity contribution in [2.75, 3.05) is 13.1 Å². The Bertz CT molecular complexity index is 471. The summed E-state index contributed by atoms with van der Waals surface area (Å²) in [5.74, 6) is 1.71. The molecule has 0 bridgehead atoms. The summed E-state index contributed by atoms with van der Waals surface area (Å²) in [5.41, 5.74) is 6.63. The summed E-state index contributed by atoms with van der Waals surface area (Å²) in [4.78, 5) is 0. The molecule has 2 aromatic rings. The third-order valence-corrected chi connectivity index (χ3v) is 2.53. The molecule has 0 aliphatic heterocycles. The predicted molar refractivity (Wildman–Crippen MR) is 73.7 cm³/mol. The van der Waals surface area contributed by atoms with Crippen molar-refractivity contribution in [3.63, 3.8) is 0 Å². The maximum Gasteiger partial charge on any atom is 0.127 e. The first-order valence-corrected chi connectivity index (χ1v) is 6.11. The van der Waals surface area contributed by atoms with Crippen LogP contribution in [0.3, 0.4) is 0 Å². The Hall–Kier alpha value is -1.84. The molecule has 0 aliphatic rings. The molecule has 3 heteroatoms. The van der Waals surface area contributed by atoms with Crippen LogP contribution >= 0.6 is 0 Å². The second-order valence-electron chi connectivity index (χ2n) is 4.03. The average molecular weight is 242 g/mol. The van der Waals surface area contributed by atoms with Crippen LogP contribution < -0.4 is 15.8 Å². The SMILES string of the molecule is NCCNCc1cccc(Oc2ccccc2)c1. The largest absolute Gasteiger partial charge is 0.457 e. The predicted octanol–water partition coefficient (Wildman–Crippen LogP) is 2.53. The Morgan fingerprint density at radius 1 is 0.944 bits per heavy atom. The topological polar surface area (TPSA) is 47.3 Å². The molecule has 0 unspecified atom stereocenters. The molecule has 0 radical (unpaired) electrons. The Labute approximate surface area is 108 Å². The van der Waals surface area contributed by atoms with E-state index in [4.69, 9.17) is 10.5 Å². The third-order valence-electron chi connectivity index (χ3n) is 2.53. The highest BCUT2D eigenvalue weighted by atomic mass is 16.5. The van der Waals surface area contributed by atoms with E-state index in [9.17, 15) is 0 Å². The number of nitrogens with one attached hydrogen (secondary N) is 1. The molecule has 0 saturated heterocycles. The summed E-state index contributed by atoms with van der Waals surface area (Å²) in [6.45, 7) is 2.28. The number of hydrogen-bond acceptors (Lipinski definition) is 3. The first kappa shape index (κ1) is 12.6. The van der Waals surface area contributed by atoms with E-state index in [1.54, 1.807) is 0 Å². The molecule has 0 amide bonds. The fourth-order valence-corrected chi connectivity index (χ4v) is 1.68. The molecule has 0 fully saturated rings. The summed E-state index contributed by atoms with van der Waals surface area (Å²) >= 11 is 0. The van der Waals surface area contributed by atoms with Crippen LogP contribution in [0.5, 0.6) is 11.5 Å². The summed E-state index contributed by atoms with van der Waals surface area (Å²) in [5, 5.41) is 3.26. The molecule has 0 aromatic heterocycles. The van der Waals surface area contributed by atoms with Crippen molar-refractivity contribution in [3.05, 3.63) is 60.2 Å². The van der Waals surface area contributed by atoms with Gasteiger partial charge in [-0.15, -0.1) is 0 Å². The molecule has 3 nitrogen and oxygen atoms in total. The van der Waals surface area contributed by atoms with Crippen LogP contribution in [-0.2, 0) is 6.54 Å². The van der Waals surface area contributed by atoms with Gasteiger partial charge in [-0.3, -0.25) is 0 Å². The molecule has 18 heavy (non-hydrogen) atoms. The zero-order valence-electron chi connectivity index (χ0n) is 10.3. The fraction of sp³-hybridized carbons (Fsp3) is 0.200. The van der Waals surface area contributed by atoms with E-state index in [1.807, 2.05) is 48.5 Å². The summed E-state index contributed by atoms with van der Waals surface area (Å²) in [6.07, 6.45) is 0. The first-order chi connectivity index (χ1) is 8.88. The van der Waals surface area contributed by atoms with E-state index < -0.39 is 0 Å². The van der Waals surface area contributed by atoms with Gasteiger partial charge in [-0.2, -0.15) is 0 Å². The lowest BCUT2D eigenvalue weighted by Gasteiger charge is -2.08. The Morgan fingerprint density at radius 2 is 1.72 bits per heavy atom. The second kappa shape index (κ2) is 6.79. The van der Waals surface area contributed by atoms with Crippen molar-refractivity contribution in [1.29, 1.82) is 0 Å². The van der Waals surface area contributed by atoms with Gasteiger partial charge in [0.25, 0.3) is 0 Å². The maximum atomic E-state index is 5.77. The molecular weight excluding hydrogens is 224 g/mol. The highest BCUT2D eigenvalue weighted by Crippen LogP contribution is 2.21. The number of benzene rings is 2. The molecule has 94 valence electrons. The van der Waals surface area contributed by atoms with Gasteiger partial charge in [0.1, 0.15) is 11.5 Å². The molecule has 0 atom stereocenters. The molecule has 3 N–H and O–H groups in total.